The molecule has 2 N–H and O–H groups in total. The third-order valence-electron chi connectivity index (χ3n) is 3.58. The number of piperidine rings is 1. The highest BCUT2D eigenvalue weighted by molar-refractivity contribution is 5.80. The molecule has 0 saturated carbocycles. The first-order chi connectivity index (χ1) is 10.2. The lowest BCUT2D eigenvalue weighted by atomic mass is 10.1. The third-order valence-corrected chi connectivity index (χ3v) is 3.58. The summed E-state index contributed by atoms with van der Waals surface area (Å²) in [7, 11) is 0. The van der Waals surface area contributed by atoms with E-state index in [0.717, 1.165) is 50.5 Å². The Kier molecular flexibility index (Phi) is 5.78. The molecule has 1 aromatic rings. The van der Waals surface area contributed by atoms with E-state index in [4.69, 9.17) is 0 Å². The first-order valence-corrected chi connectivity index (χ1v) is 7.86. The predicted molar refractivity (Wildman–Crippen MR) is 84.5 cm³/mol. The number of aromatic nitrogens is 2. The van der Waals surface area contributed by atoms with Gasteiger partial charge in [-0.15, -0.1) is 0 Å². The average Bonchev–Trinajstić information content (AvgIpc) is 2.53. The van der Waals surface area contributed by atoms with E-state index < -0.39 is 0 Å². The Morgan fingerprint density at radius 2 is 1.81 bits per heavy atom. The number of nitrogens with one attached hydrogen (secondary N) is 2. The van der Waals surface area contributed by atoms with E-state index in [-0.39, 0.29) is 5.91 Å². The molecule has 6 heteroatoms. The Hall–Kier alpha value is -1.85. The van der Waals surface area contributed by atoms with Crippen LogP contribution in [-0.4, -0.2) is 47.0 Å². The van der Waals surface area contributed by atoms with Gasteiger partial charge in [0.1, 0.15) is 17.5 Å². The van der Waals surface area contributed by atoms with Gasteiger partial charge in [-0.1, -0.05) is 6.92 Å². The maximum atomic E-state index is 12.1. The molecule has 21 heavy (non-hydrogen) atoms. The number of likely N-dealkylation sites (tertiary alicyclic amines) is 1. The molecule has 2 rings (SSSR count). The molecule has 2 heterocycles. The molecule has 6 nitrogen and oxygen atoms in total. The minimum Gasteiger partial charge on any atom is -0.370 e. The van der Waals surface area contributed by atoms with Crippen molar-refractivity contribution < 1.29 is 4.79 Å². The summed E-state index contributed by atoms with van der Waals surface area (Å²) in [5.74, 6) is 2.44. The van der Waals surface area contributed by atoms with E-state index in [2.05, 4.69) is 20.6 Å². The maximum absolute atomic E-state index is 12.1. The van der Waals surface area contributed by atoms with E-state index in [0.29, 0.717) is 12.4 Å². The van der Waals surface area contributed by atoms with Crippen molar-refractivity contribution in [1.29, 1.82) is 0 Å². The summed E-state index contributed by atoms with van der Waals surface area (Å²) >= 11 is 0. The van der Waals surface area contributed by atoms with Crippen molar-refractivity contribution >= 4 is 17.5 Å². The van der Waals surface area contributed by atoms with Crippen molar-refractivity contribution in [2.75, 3.05) is 36.8 Å². The van der Waals surface area contributed by atoms with Crippen LogP contribution in [0.3, 0.4) is 0 Å². The van der Waals surface area contributed by atoms with Gasteiger partial charge in [-0.3, -0.25) is 4.79 Å². The summed E-state index contributed by atoms with van der Waals surface area (Å²) in [6.45, 7) is 6.92. The van der Waals surface area contributed by atoms with Crippen molar-refractivity contribution in [2.45, 2.75) is 39.5 Å². The number of hydrogen-bond acceptors (Lipinski definition) is 5. The smallest absolute Gasteiger partial charge is 0.241 e. The molecular formula is C15H25N5O. The number of rotatable bonds is 6. The molecule has 1 aliphatic heterocycles. The molecule has 0 atom stereocenters. The first kappa shape index (κ1) is 15.5. The zero-order valence-electron chi connectivity index (χ0n) is 13.0. The Morgan fingerprint density at radius 1 is 1.14 bits per heavy atom. The van der Waals surface area contributed by atoms with Gasteiger partial charge in [0.05, 0.1) is 6.54 Å². The molecule has 0 radical (unpaired) electrons. The van der Waals surface area contributed by atoms with E-state index in [9.17, 15) is 4.79 Å². The fourth-order valence-corrected chi connectivity index (χ4v) is 2.44. The van der Waals surface area contributed by atoms with Crippen LogP contribution in [0.5, 0.6) is 0 Å². The van der Waals surface area contributed by atoms with Gasteiger partial charge < -0.3 is 15.5 Å². The minimum absolute atomic E-state index is 0.149. The van der Waals surface area contributed by atoms with Gasteiger partial charge in [0.25, 0.3) is 0 Å². The van der Waals surface area contributed by atoms with Crippen molar-refractivity contribution in [3.8, 4) is 0 Å². The van der Waals surface area contributed by atoms with Crippen molar-refractivity contribution in [2.24, 2.45) is 0 Å². The summed E-state index contributed by atoms with van der Waals surface area (Å²) in [5.41, 5.74) is 0. The topological polar surface area (TPSA) is 70.2 Å². The van der Waals surface area contributed by atoms with Gasteiger partial charge in [0.2, 0.25) is 5.91 Å². The molecule has 0 unspecified atom stereocenters. The zero-order chi connectivity index (χ0) is 15.1. The van der Waals surface area contributed by atoms with Crippen LogP contribution in [-0.2, 0) is 11.2 Å². The summed E-state index contributed by atoms with van der Waals surface area (Å²) in [6.07, 6.45) is 4.23. The quantitative estimate of drug-likeness (QED) is 0.837. The lowest BCUT2D eigenvalue weighted by Gasteiger charge is -2.26. The molecule has 1 fully saturated rings. The Morgan fingerprint density at radius 3 is 2.43 bits per heavy atom. The Labute approximate surface area is 126 Å². The molecule has 0 aromatic carbocycles. The van der Waals surface area contributed by atoms with Gasteiger partial charge >= 0.3 is 0 Å². The molecule has 1 aromatic heterocycles. The number of aryl methyl sites for hydroxylation is 1. The van der Waals surface area contributed by atoms with Crippen LogP contribution in [0.25, 0.3) is 0 Å². The molecule has 1 amide bonds. The summed E-state index contributed by atoms with van der Waals surface area (Å²) in [6, 6.07) is 1.85. The second kappa shape index (κ2) is 7.81. The predicted octanol–water partition coefficient (Wildman–Crippen LogP) is 1.90. The van der Waals surface area contributed by atoms with Crippen molar-refractivity contribution in [3.63, 3.8) is 0 Å². The SMILES string of the molecule is CCNc1cc(NCC(=O)N2CCCCC2)nc(CC)n1. The molecule has 0 aliphatic carbocycles. The summed E-state index contributed by atoms with van der Waals surface area (Å²) < 4.78 is 0. The summed E-state index contributed by atoms with van der Waals surface area (Å²) in [5, 5.41) is 6.32. The highest BCUT2D eigenvalue weighted by Gasteiger charge is 2.16. The van der Waals surface area contributed by atoms with Crippen LogP contribution in [0.2, 0.25) is 0 Å². The van der Waals surface area contributed by atoms with Gasteiger partial charge in [0.15, 0.2) is 0 Å². The van der Waals surface area contributed by atoms with Crippen LogP contribution in [0.15, 0.2) is 6.07 Å². The van der Waals surface area contributed by atoms with Crippen LogP contribution in [0.4, 0.5) is 11.6 Å². The van der Waals surface area contributed by atoms with E-state index >= 15 is 0 Å². The van der Waals surface area contributed by atoms with Crippen LogP contribution in [0.1, 0.15) is 38.9 Å². The largest absolute Gasteiger partial charge is 0.370 e. The standard InChI is InChI=1S/C15H25N5O/c1-3-12-18-13(16-4-2)10-14(19-12)17-11-15(21)20-8-6-5-7-9-20/h10H,3-9,11H2,1-2H3,(H2,16,17,18,19). The van der Waals surface area contributed by atoms with Crippen LogP contribution >= 0.6 is 0 Å². The minimum atomic E-state index is 0.149. The van der Waals surface area contributed by atoms with E-state index in [1.54, 1.807) is 0 Å². The lowest BCUT2D eigenvalue weighted by Crippen LogP contribution is -2.39. The normalized spacial score (nSPS) is 14.9. The Balaban J connectivity index is 1.94. The fraction of sp³-hybridized carbons (Fsp3) is 0.667. The first-order valence-electron chi connectivity index (χ1n) is 7.86. The van der Waals surface area contributed by atoms with E-state index in [1.165, 1.54) is 6.42 Å². The molecule has 0 bridgehead atoms. The highest BCUT2D eigenvalue weighted by atomic mass is 16.2. The molecular weight excluding hydrogens is 266 g/mol. The van der Waals surface area contributed by atoms with Crippen molar-refractivity contribution in [1.82, 2.24) is 14.9 Å². The number of carbonyl (C=O) groups excluding carboxylic acids is 1. The third kappa shape index (κ3) is 4.58. The summed E-state index contributed by atoms with van der Waals surface area (Å²) in [4.78, 5) is 22.9. The molecule has 1 aliphatic rings. The maximum Gasteiger partial charge on any atom is 0.241 e. The number of anilines is 2. The molecule has 1 saturated heterocycles. The number of amides is 1. The average molecular weight is 291 g/mol. The van der Waals surface area contributed by atoms with Crippen LogP contribution < -0.4 is 10.6 Å². The van der Waals surface area contributed by atoms with Gasteiger partial charge in [-0.05, 0) is 26.2 Å². The fourth-order valence-electron chi connectivity index (χ4n) is 2.44. The second-order valence-electron chi connectivity index (χ2n) is 5.23. The molecule has 0 spiro atoms. The van der Waals surface area contributed by atoms with Gasteiger partial charge in [-0.2, -0.15) is 0 Å². The number of hydrogen-bond donors (Lipinski definition) is 2. The van der Waals surface area contributed by atoms with Crippen molar-refractivity contribution in [3.05, 3.63) is 11.9 Å². The zero-order valence-corrected chi connectivity index (χ0v) is 13.0. The molecule has 116 valence electrons. The van der Waals surface area contributed by atoms with E-state index in [1.807, 2.05) is 24.8 Å². The number of carbonyl (C=O) groups is 1. The Bertz CT molecular complexity index is 471. The monoisotopic (exact) mass is 291 g/mol. The van der Waals surface area contributed by atoms with Gasteiger partial charge in [0, 0.05) is 32.1 Å². The lowest BCUT2D eigenvalue weighted by molar-refractivity contribution is -0.130. The van der Waals surface area contributed by atoms with Crippen LogP contribution in [0, 0.1) is 0 Å². The number of nitrogens with zero attached hydrogens (tertiary/aromatic N) is 3. The second-order valence-corrected chi connectivity index (χ2v) is 5.23. The highest BCUT2D eigenvalue weighted by Crippen LogP contribution is 2.13. The van der Waals surface area contributed by atoms with Gasteiger partial charge in [-0.25, -0.2) is 9.97 Å².